The molecule has 1 N–H and O–H groups in total. The molecular weight excluding hydrogens is 166 g/mol. The Morgan fingerprint density at radius 2 is 2.31 bits per heavy atom. The second-order valence-corrected chi connectivity index (χ2v) is 3.64. The summed E-state index contributed by atoms with van der Waals surface area (Å²) in [5, 5.41) is 2.35. The summed E-state index contributed by atoms with van der Waals surface area (Å²) in [5.41, 5.74) is 1.09. The molecule has 1 heterocycles. The zero-order valence-corrected chi connectivity index (χ0v) is 7.93. The Morgan fingerprint density at radius 3 is 2.85 bits per heavy atom. The minimum Gasteiger partial charge on any atom is -0.296 e. The van der Waals surface area contributed by atoms with E-state index in [1.54, 1.807) is 0 Å². The third kappa shape index (κ3) is 3.01. The van der Waals surface area contributed by atoms with E-state index in [1.165, 1.54) is 0 Å². The van der Waals surface area contributed by atoms with E-state index in [0.29, 0.717) is 12.8 Å². The highest BCUT2D eigenvalue weighted by atomic mass is 16.2. The van der Waals surface area contributed by atoms with Gasteiger partial charge in [-0.25, -0.2) is 0 Å². The van der Waals surface area contributed by atoms with Crippen LogP contribution in [0.25, 0.3) is 0 Å². The highest BCUT2D eigenvalue weighted by Crippen LogP contribution is 2.19. The predicted octanol–water partition coefficient (Wildman–Crippen LogP) is 1.40. The summed E-state index contributed by atoms with van der Waals surface area (Å²) < 4.78 is 0. The summed E-state index contributed by atoms with van der Waals surface area (Å²) in [7, 11) is 0. The summed E-state index contributed by atoms with van der Waals surface area (Å²) in [6.45, 7) is 5.73. The zero-order valence-electron chi connectivity index (χ0n) is 7.93. The summed E-state index contributed by atoms with van der Waals surface area (Å²) in [4.78, 5) is 22.1. The van der Waals surface area contributed by atoms with E-state index >= 15 is 0 Å². The Hall–Kier alpha value is -1.12. The molecule has 3 heteroatoms. The number of nitrogens with one attached hydrogen (secondary N) is 1. The van der Waals surface area contributed by atoms with E-state index in [-0.39, 0.29) is 17.7 Å². The maximum absolute atomic E-state index is 11.3. The van der Waals surface area contributed by atoms with E-state index in [2.05, 4.69) is 11.9 Å². The first-order chi connectivity index (χ1) is 6.09. The molecule has 13 heavy (non-hydrogen) atoms. The summed E-state index contributed by atoms with van der Waals surface area (Å²) in [6, 6.07) is 0. The zero-order chi connectivity index (χ0) is 9.84. The van der Waals surface area contributed by atoms with Gasteiger partial charge in [-0.1, -0.05) is 5.57 Å². The highest BCUT2D eigenvalue weighted by molar-refractivity contribution is 5.98. The Balaban J connectivity index is 2.38. The molecule has 1 saturated heterocycles. The number of carbonyl (C=O) groups is 2. The van der Waals surface area contributed by atoms with Gasteiger partial charge in [0.05, 0.1) is 0 Å². The van der Waals surface area contributed by atoms with Crippen molar-refractivity contribution in [3.8, 4) is 0 Å². The van der Waals surface area contributed by atoms with Gasteiger partial charge < -0.3 is 0 Å². The Bertz CT molecular complexity index is 245. The average molecular weight is 181 g/mol. The standard InChI is InChI=1S/C10H15NO2/c1-7(2)3-4-8-5-6-9(12)11-10(8)13/h8H,1,3-6H2,2H3,(H,11,12,13). The van der Waals surface area contributed by atoms with Crippen LogP contribution in [0.4, 0.5) is 0 Å². The van der Waals surface area contributed by atoms with Crippen molar-refractivity contribution in [2.45, 2.75) is 32.6 Å². The monoisotopic (exact) mass is 181 g/mol. The van der Waals surface area contributed by atoms with Gasteiger partial charge in [0, 0.05) is 12.3 Å². The Kier molecular flexibility index (Phi) is 3.23. The molecule has 0 bridgehead atoms. The quantitative estimate of drug-likeness (QED) is 0.528. The largest absolute Gasteiger partial charge is 0.296 e. The number of imide groups is 1. The van der Waals surface area contributed by atoms with Crippen molar-refractivity contribution in [2.75, 3.05) is 0 Å². The minimum atomic E-state index is -0.142. The molecule has 1 aliphatic heterocycles. The van der Waals surface area contributed by atoms with Crippen LogP contribution in [0, 0.1) is 5.92 Å². The fourth-order valence-electron chi connectivity index (χ4n) is 1.43. The van der Waals surface area contributed by atoms with Crippen LogP contribution < -0.4 is 5.32 Å². The van der Waals surface area contributed by atoms with Gasteiger partial charge >= 0.3 is 0 Å². The maximum Gasteiger partial charge on any atom is 0.229 e. The molecule has 1 atom stereocenters. The SMILES string of the molecule is C=C(C)CCC1CCC(=O)NC1=O. The highest BCUT2D eigenvalue weighted by Gasteiger charge is 2.25. The van der Waals surface area contributed by atoms with Crippen molar-refractivity contribution in [2.24, 2.45) is 5.92 Å². The van der Waals surface area contributed by atoms with Crippen LogP contribution in [0.2, 0.25) is 0 Å². The van der Waals surface area contributed by atoms with Crippen molar-refractivity contribution in [3.63, 3.8) is 0 Å². The third-order valence-electron chi connectivity index (χ3n) is 2.27. The Labute approximate surface area is 78.2 Å². The second-order valence-electron chi connectivity index (χ2n) is 3.64. The molecule has 0 radical (unpaired) electrons. The van der Waals surface area contributed by atoms with E-state index in [9.17, 15) is 9.59 Å². The first kappa shape index (κ1) is 9.96. The lowest BCUT2D eigenvalue weighted by atomic mass is 9.92. The fourth-order valence-corrected chi connectivity index (χ4v) is 1.43. The molecule has 0 aromatic rings. The summed E-state index contributed by atoms with van der Waals surface area (Å²) >= 11 is 0. The number of rotatable bonds is 3. The van der Waals surface area contributed by atoms with Crippen LogP contribution in [0.5, 0.6) is 0 Å². The van der Waals surface area contributed by atoms with Gasteiger partial charge in [0.1, 0.15) is 0 Å². The fraction of sp³-hybridized carbons (Fsp3) is 0.600. The lowest BCUT2D eigenvalue weighted by Crippen LogP contribution is -2.40. The predicted molar refractivity (Wildman–Crippen MR) is 49.9 cm³/mol. The average Bonchev–Trinajstić information content (AvgIpc) is 2.02. The van der Waals surface area contributed by atoms with Gasteiger partial charge in [0.15, 0.2) is 0 Å². The topological polar surface area (TPSA) is 46.2 Å². The van der Waals surface area contributed by atoms with Crippen LogP contribution in [0.15, 0.2) is 12.2 Å². The molecular formula is C10H15NO2. The molecule has 0 aromatic carbocycles. The number of allylic oxidation sites excluding steroid dienone is 1. The van der Waals surface area contributed by atoms with Crippen molar-refractivity contribution < 1.29 is 9.59 Å². The van der Waals surface area contributed by atoms with Crippen LogP contribution in [0.3, 0.4) is 0 Å². The number of carbonyl (C=O) groups excluding carboxylic acids is 2. The van der Waals surface area contributed by atoms with Gasteiger partial charge in [-0.2, -0.15) is 0 Å². The number of amides is 2. The first-order valence-corrected chi connectivity index (χ1v) is 4.57. The molecule has 0 saturated carbocycles. The molecule has 0 aromatic heterocycles. The van der Waals surface area contributed by atoms with Crippen molar-refractivity contribution in [1.29, 1.82) is 0 Å². The van der Waals surface area contributed by atoms with Crippen LogP contribution in [-0.2, 0) is 9.59 Å². The molecule has 2 amide bonds. The molecule has 3 nitrogen and oxygen atoms in total. The van der Waals surface area contributed by atoms with Crippen LogP contribution >= 0.6 is 0 Å². The van der Waals surface area contributed by atoms with Gasteiger partial charge in [0.25, 0.3) is 0 Å². The molecule has 0 spiro atoms. The van der Waals surface area contributed by atoms with E-state index in [1.807, 2.05) is 6.92 Å². The molecule has 1 unspecified atom stereocenters. The van der Waals surface area contributed by atoms with E-state index in [0.717, 1.165) is 18.4 Å². The van der Waals surface area contributed by atoms with Gasteiger partial charge in [0.2, 0.25) is 11.8 Å². The molecule has 1 rings (SSSR count). The van der Waals surface area contributed by atoms with E-state index in [4.69, 9.17) is 0 Å². The van der Waals surface area contributed by atoms with E-state index < -0.39 is 0 Å². The lowest BCUT2D eigenvalue weighted by molar-refractivity contribution is -0.136. The normalized spacial score (nSPS) is 22.7. The molecule has 1 aliphatic rings. The summed E-state index contributed by atoms with van der Waals surface area (Å²) in [6.07, 6.45) is 2.85. The lowest BCUT2D eigenvalue weighted by Gasteiger charge is -2.20. The minimum absolute atomic E-state index is 0.00870. The van der Waals surface area contributed by atoms with Gasteiger partial charge in [-0.3, -0.25) is 14.9 Å². The first-order valence-electron chi connectivity index (χ1n) is 4.57. The Morgan fingerprint density at radius 1 is 1.62 bits per heavy atom. The van der Waals surface area contributed by atoms with Gasteiger partial charge in [-0.15, -0.1) is 6.58 Å². The van der Waals surface area contributed by atoms with Crippen molar-refractivity contribution in [3.05, 3.63) is 12.2 Å². The van der Waals surface area contributed by atoms with Gasteiger partial charge in [-0.05, 0) is 26.2 Å². The third-order valence-corrected chi connectivity index (χ3v) is 2.27. The number of piperidine rings is 1. The number of hydrogen-bond acceptors (Lipinski definition) is 2. The van der Waals surface area contributed by atoms with Crippen molar-refractivity contribution in [1.82, 2.24) is 5.32 Å². The maximum atomic E-state index is 11.3. The summed E-state index contributed by atoms with van der Waals surface area (Å²) in [5.74, 6) is -0.247. The van der Waals surface area contributed by atoms with Crippen LogP contribution in [-0.4, -0.2) is 11.8 Å². The molecule has 0 aliphatic carbocycles. The smallest absolute Gasteiger partial charge is 0.229 e. The van der Waals surface area contributed by atoms with Crippen LogP contribution in [0.1, 0.15) is 32.6 Å². The molecule has 1 fully saturated rings. The van der Waals surface area contributed by atoms with Crippen molar-refractivity contribution >= 4 is 11.8 Å². The second kappa shape index (κ2) is 4.21. The number of hydrogen-bond donors (Lipinski definition) is 1. The molecule has 72 valence electrons.